The molecule has 0 radical (unpaired) electrons. The minimum Gasteiger partial charge on any atom is -0.489 e. The second kappa shape index (κ2) is 16.3. The Balaban J connectivity index is 1.64. The molecule has 0 aromatic heterocycles. The van der Waals surface area contributed by atoms with Crippen LogP contribution in [0.4, 0.5) is 5.69 Å². The van der Waals surface area contributed by atoms with Crippen LogP contribution in [0.25, 0.3) is 0 Å². The lowest BCUT2D eigenvalue weighted by molar-refractivity contribution is -0.140. The van der Waals surface area contributed by atoms with Crippen LogP contribution in [0, 0.1) is 5.92 Å². The van der Waals surface area contributed by atoms with Gasteiger partial charge in [0.1, 0.15) is 24.9 Å². The lowest BCUT2D eigenvalue weighted by Crippen LogP contribution is -2.53. The van der Waals surface area contributed by atoms with Gasteiger partial charge >= 0.3 is 0 Å². The van der Waals surface area contributed by atoms with Crippen LogP contribution >= 0.6 is 11.6 Å². The van der Waals surface area contributed by atoms with Crippen molar-refractivity contribution < 1.29 is 22.7 Å². The molecule has 0 bridgehead atoms. The third-order valence-electron chi connectivity index (χ3n) is 7.25. The third-order valence-corrected chi connectivity index (χ3v) is 8.63. The molecule has 0 fully saturated rings. The van der Waals surface area contributed by atoms with Gasteiger partial charge in [-0.2, -0.15) is 0 Å². The van der Waals surface area contributed by atoms with Crippen molar-refractivity contribution in [2.24, 2.45) is 5.92 Å². The van der Waals surface area contributed by atoms with Crippen molar-refractivity contribution in [1.29, 1.82) is 0 Å². The van der Waals surface area contributed by atoms with Gasteiger partial charge in [0.05, 0.1) is 11.9 Å². The lowest BCUT2D eigenvalue weighted by atomic mass is 10.0. The normalized spacial score (nSPS) is 11.9. The first kappa shape index (κ1) is 34.5. The number of ether oxygens (including phenoxy) is 1. The van der Waals surface area contributed by atoms with Gasteiger partial charge in [-0.05, 0) is 59.0 Å². The Morgan fingerprint density at radius 1 is 0.826 bits per heavy atom. The summed E-state index contributed by atoms with van der Waals surface area (Å²) in [5.74, 6) is -0.104. The molecule has 4 aromatic rings. The molecule has 10 heteroatoms. The predicted molar refractivity (Wildman–Crippen MR) is 183 cm³/mol. The Morgan fingerprint density at radius 3 is 2.02 bits per heavy atom. The van der Waals surface area contributed by atoms with Crippen LogP contribution in [0.15, 0.2) is 109 Å². The number of amides is 2. The molecule has 46 heavy (non-hydrogen) atoms. The van der Waals surface area contributed by atoms with E-state index in [4.69, 9.17) is 16.3 Å². The minimum atomic E-state index is -3.90. The number of benzene rings is 4. The molecule has 242 valence electrons. The first-order chi connectivity index (χ1) is 22.0. The number of halogens is 1. The van der Waals surface area contributed by atoms with Gasteiger partial charge in [0.25, 0.3) is 0 Å². The maximum Gasteiger partial charge on any atom is 0.244 e. The quantitative estimate of drug-likeness (QED) is 0.166. The first-order valence-corrected chi connectivity index (χ1v) is 17.3. The van der Waals surface area contributed by atoms with E-state index in [0.717, 1.165) is 21.7 Å². The number of nitrogens with one attached hydrogen (secondary N) is 1. The Bertz CT molecular complexity index is 1680. The molecule has 1 unspecified atom stereocenters. The number of anilines is 1. The van der Waals surface area contributed by atoms with Crippen LogP contribution in [0.1, 0.15) is 30.5 Å². The lowest BCUT2D eigenvalue weighted by Gasteiger charge is -2.33. The molecule has 0 spiro atoms. The third kappa shape index (κ3) is 10.4. The fourth-order valence-electron chi connectivity index (χ4n) is 4.87. The Morgan fingerprint density at radius 2 is 1.43 bits per heavy atom. The molecule has 0 aliphatic carbocycles. The van der Waals surface area contributed by atoms with E-state index in [1.165, 1.54) is 4.90 Å². The summed E-state index contributed by atoms with van der Waals surface area (Å²) in [5, 5.41) is 3.46. The molecule has 4 aromatic carbocycles. The Kier molecular flexibility index (Phi) is 12.2. The summed E-state index contributed by atoms with van der Waals surface area (Å²) in [6, 6.07) is 31.8. The second-order valence-corrected chi connectivity index (χ2v) is 13.9. The largest absolute Gasteiger partial charge is 0.489 e. The molecule has 0 aliphatic heterocycles. The molecule has 1 N–H and O–H groups in total. The SMILES string of the molecule is CC(C)CNC(=O)C(Cc1ccccc1)N(Cc1cccc(Cl)c1)C(=O)CN(c1ccc(OCc2ccccc2)cc1)S(C)(=O)=O. The molecule has 1 atom stereocenters. The van der Waals surface area contributed by atoms with Crippen LogP contribution < -0.4 is 14.4 Å². The number of hydrogen-bond acceptors (Lipinski definition) is 5. The summed E-state index contributed by atoms with van der Waals surface area (Å²) in [7, 11) is -3.90. The zero-order valence-electron chi connectivity index (χ0n) is 26.3. The summed E-state index contributed by atoms with van der Waals surface area (Å²) in [4.78, 5) is 29.4. The van der Waals surface area contributed by atoms with E-state index in [1.807, 2.05) is 80.6 Å². The van der Waals surface area contributed by atoms with Gasteiger partial charge in [-0.15, -0.1) is 0 Å². The number of rotatable bonds is 15. The molecule has 0 heterocycles. The van der Waals surface area contributed by atoms with Crippen LogP contribution in [0.5, 0.6) is 5.75 Å². The molecule has 8 nitrogen and oxygen atoms in total. The highest BCUT2D eigenvalue weighted by atomic mass is 35.5. The van der Waals surface area contributed by atoms with Crippen molar-refractivity contribution >= 4 is 39.1 Å². The average molecular weight is 662 g/mol. The van der Waals surface area contributed by atoms with E-state index < -0.39 is 28.5 Å². The Labute approximate surface area is 277 Å². The first-order valence-electron chi connectivity index (χ1n) is 15.1. The molecule has 0 saturated heterocycles. The number of hydrogen-bond donors (Lipinski definition) is 1. The fourth-order valence-corrected chi connectivity index (χ4v) is 5.93. The predicted octanol–water partition coefficient (Wildman–Crippen LogP) is 6.10. The molecule has 2 amide bonds. The van der Waals surface area contributed by atoms with Crippen molar-refractivity contribution in [2.45, 2.75) is 39.5 Å². The summed E-state index contributed by atoms with van der Waals surface area (Å²) in [6.45, 7) is 4.31. The van der Waals surface area contributed by atoms with Crippen LogP contribution in [0.2, 0.25) is 5.02 Å². The highest BCUT2D eigenvalue weighted by Gasteiger charge is 2.33. The standard InChI is InChI=1S/C36H40ClN3O5S/c1-27(2)23-38-36(42)34(22-28-11-6-4-7-12-28)39(24-30-15-10-16-31(37)21-30)35(41)25-40(46(3,43)44)32-17-19-33(20-18-32)45-26-29-13-8-5-9-14-29/h4-21,27,34H,22-26H2,1-3H3,(H,38,42). The van der Waals surface area contributed by atoms with Gasteiger partial charge in [-0.1, -0.05) is 98.2 Å². The molecular weight excluding hydrogens is 622 g/mol. The average Bonchev–Trinajstić information content (AvgIpc) is 3.04. The highest BCUT2D eigenvalue weighted by Crippen LogP contribution is 2.24. The smallest absolute Gasteiger partial charge is 0.244 e. The maximum absolute atomic E-state index is 14.2. The van der Waals surface area contributed by atoms with Gasteiger partial charge in [0.15, 0.2) is 0 Å². The van der Waals surface area contributed by atoms with E-state index in [1.54, 1.807) is 42.5 Å². The molecule has 4 rings (SSSR count). The van der Waals surface area contributed by atoms with Crippen molar-refractivity contribution in [2.75, 3.05) is 23.7 Å². The van der Waals surface area contributed by atoms with Gasteiger partial charge in [-0.25, -0.2) is 8.42 Å². The number of sulfonamides is 1. The van der Waals surface area contributed by atoms with Crippen LogP contribution in [-0.4, -0.2) is 50.5 Å². The summed E-state index contributed by atoms with van der Waals surface area (Å²) in [6.07, 6.45) is 1.29. The fraction of sp³-hybridized carbons (Fsp3) is 0.278. The molecule has 0 aliphatic rings. The number of carbonyl (C=O) groups excluding carboxylic acids is 2. The highest BCUT2D eigenvalue weighted by molar-refractivity contribution is 7.92. The van der Waals surface area contributed by atoms with E-state index >= 15 is 0 Å². The van der Waals surface area contributed by atoms with E-state index in [0.29, 0.717) is 35.2 Å². The van der Waals surface area contributed by atoms with E-state index in [9.17, 15) is 18.0 Å². The van der Waals surface area contributed by atoms with E-state index in [-0.39, 0.29) is 24.8 Å². The van der Waals surface area contributed by atoms with Crippen LogP contribution in [0.3, 0.4) is 0 Å². The van der Waals surface area contributed by atoms with Gasteiger partial charge in [-0.3, -0.25) is 13.9 Å². The minimum absolute atomic E-state index is 0.0514. The monoisotopic (exact) mass is 661 g/mol. The molecular formula is C36H40ClN3O5S. The molecule has 0 saturated carbocycles. The van der Waals surface area contributed by atoms with Gasteiger partial charge < -0.3 is 15.0 Å². The van der Waals surface area contributed by atoms with Crippen molar-refractivity contribution in [3.8, 4) is 5.75 Å². The van der Waals surface area contributed by atoms with E-state index in [2.05, 4.69) is 5.32 Å². The van der Waals surface area contributed by atoms with Gasteiger partial charge in [0, 0.05) is 24.5 Å². The van der Waals surface area contributed by atoms with Crippen molar-refractivity contribution in [1.82, 2.24) is 10.2 Å². The zero-order valence-corrected chi connectivity index (χ0v) is 27.9. The van der Waals surface area contributed by atoms with Crippen LogP contribution in [-0.2, 0) is 39.2 Å². The summed E-state index contributed by atoms with van der Waals surface area (Å²) < 4.78 is 33.1. The van der Waals surface area contributed by atoms with Gasteiger partial charge in [0.2, 0.25) is 21.8 Å². The topological polar surface area (TPSA) is 96.0 Å². The Hall–Kier alpha value is -4.34. The zero-order chi connectivity index (χ0) is 33.1. The summed E-state index contributed by atoms with van der Waals surface area (Å²) in [5.41, 5.74) is 2.87. The van der Waals surface area contributed by atoms with Crippen molar-refractivity contribution in [3.63, 3.8) is 0 Å². The number of carbonyl (C=O) groups is 2. The second-order valence-electron chi connectivity index (χ2n) is 11.5. The summed E-state index contributed by atoms with van der Waals surface area (Å²) >= 11 is 6.28. The maximum atomic E-state index is 14.2. The van der Waals surface area contributed by atoms with Crippen molar-refractivity contribution in [3.05, 3.63) is 131 Å². The number of nitrogens with zero attached hydrogens (tertiary/aromatic N) is 2.